The highest BCUT2D eigenvalue weighted by atomic mass is 32.1. The molecule has 426 valence electrons. The van der Waals surface area contributed by atoms with Gasteiger partial charge in [0.05, 0.1) is 42.3 Å². The smallest absolute Gasteiger partial charge is 0.346 e. The molecule has 0 saturated heterocycles. The highest BCUT2D eigenvalue weighted by Gasteiger charge is 2.27. The van der Waals surface area contributed by atoms with Crippen LogP contribution in [-0.2, 0) is 4.79 Å². The molecule has 4 aliphatic heterocycles. The maximum Gasteiger partial charge on any atom is 0.346 e. The van der Waals surface area contributed by atoms with E-state index in [9.17, 15) is 15.2 Å². The van der Waals surface area contributed by atoms with E-state index in [2.05, 4.69) is 194 Å². The van der Waals surface area contributed by atoms with Gasteiger partial charge >= 0.3 is 5.97 Å². The lowest BCUT2D eigenvalue weighted by Crippen LogP contribution is -2.15. The molecule has 4 aromatic carbocycles. The number of rotatable bonds is 10. The number of ether oxygens (including phenoxy) is 4. The Morgan fingerprint density at radius 3 is 1.15 bits per heavy atom. The number of carboxylic acid groups (broad SMARTS) is 1. The number of aliphatic carboxylic acids is 1. The van der Waals surface area contributed by atoms with Crippen molar-refractivity contribution >= 4 is 105 Å². The lowest BCUT2D eigenvalue weighted by Gasteiger charge is -2.16. The maximum absolute atomic E-state index is 11.7. The molecular formula is C73H61N5O6S2. The van der Waals surface area contributed by atoms with Gasteiger partial charge in [-0.1, -0.05) is 83.4 Å². The van der Waals surface area contributed by atoms with E-state index in [1.165, 1.54) is 78.8 Å². The van der Waals surface area contributed by atoms with Crippen molar-refractivity contribution < 1.29 is 28.8 Å². The topological polar surface area (TPSA) is 155 Å². The molecule has 0 saturated carbocycles. The summed E-state index contributed by atoms with van der Waals surface area (Å²) in [6.45, 7) is 21.2. The van der Waals surface area contributed by atoms with Crippen molar-refractivity contribution in [1.29, 1.82) is 5.26 Å². The molecule has 0 fully saturated rings. The Kier molecular flexibility index (Phi) is 14.4. The van der Waals surface area contributed by atoms with E-state index in [1.54, 1.807) is 6.07 Å². The third-order valence-electron chi connectivity index (χ3n) is 16.1. The number of aryl methyl sites for hydroxylation is 9. The molecule has 9 heterocycles. The van der Waals surface area contributed by atoms with Crippen LogP contribution >= 0.6 is 22.7 Å². The summed E-state index contributed by atoms with van der Waals surface area (Å²) in [6.07, 6.45) is 18.0. The van der Waals surface area contributed by atoms with Gasteiger partial charge in [-0.05, 0) is 196 Å². The number of carboxylic acids is 1. The Balaban J connectivity index is 0.975. The second-order valence-electron chi connectivity index (χ2n) is 22.5. The Labute approximate surface area is 507 Å². The van der Waals surface area contributed by atoms with Crippen LogP contribution in [0.4, 0.5) is 0 Å². The molecule has 4 aliphatic rings. The lowest BCUT2D eigenvalue weighted by molar-refractivity contribution is -0.132. The van der Waals surface area contributed by atoms with Crippen molar-refractivity contribution in [2.45, 2.75) is 62.3 Å². The summed E-state index contributed by atoms with van der Waals surface area (Å²) in [7, 11) is 0. The third-order valence-corrected chi connectivity index (χ3v) is 18.2. The molecule has 11 nitrogen and oxygen atoms in total. The van der Waals surface area contributed by atoms with E-state index in [1.807, 2.05) is 12.2 Å². The van der Waals surface area contributed by atoms with Crippen molar-refractivity contribution in [3.05, 3.63) is 188 Å². The van der Waals surface area contributed by atoms with Crippen molar-refractivity contribution in [3.63, 3.8) is 0 Å². The summed E-state index contributed by atoms with van der Waals surface area (Å²) in [5.74, 6) is 0.950. The van der Waals surface area contributed by atoms with E-state index < -0.39 is 11.5 Å². The van der Waals surface area contributed by atoms with Gasteiger partial charge in [0, 0.05) is 44.3 Å². The monoisotopic (exact) mass is 1170 g/mol. The number of thiophene rings is 2. The fraction of sp³-hybridized carbons (Fsp3) is 0.178. The zero-order valence-corrected chi connectivity index (χ0v) is 50.9. The van der Waals surface area contributed by atoms with E-state index in [0.717, 1.165) is 110 Å². The lowest BCUT2D eigenvalue weighted by atomic mass is 9.92. The summed E-state index contributed by atoms with van der Waals surface area (Å²) >= 11 is 2.83. The summed E-state index contributed by atoms with van der Waals surface area (Å²) in [5, 5.41) is 19.1. The summed E-state index contributed by atoms with van der Waals surface area (Å²) in [5.41, 5.74) is 27.1. The van der Waals surface area contributed by atoms with E-state index in [4.69, 9.17) is 28.9 Å². The average molecular weight is 1170 g/mol. The molecule has 86 heavy (non-hydrogen) atoms. The minimum absolute atomic E-state index is 0.312. The molecule has 5 aromatic heterocycles. The molecule has 0 aliphatic carbocycles. The molecule has 8 bridgehead atoms. The number of fused-ring (bicyclic) bond motifs is 10. The molecule has 3 N–H and O–H groups in total. The van der Waals surface area contributed by atoms with Crippen LogP contribution in [0.15, 0.2) is 90.5 Å². The maximum atomic E-state index is 11.7. The van der Waals surface area contributed by atoms with Crippen molar-refractivity contribution in [2.75, 3.05) is 26.4 Å². The number of aromatic nitrogens is 4. The van der Waals surface area contributed by atoms with Crippen molar-refractivity contribution in [2.24, 2.45) is 0 Å². The first-order chi connectivity index (χ1) is 41.6. The predicted octanol–water partition coefficient (Wildman–Crippen LogP) is 18.1. The van der Waals surface area contributed by atoms with E-state index in [0.29, 0.717) is 54.3 Å². The summed E-state index contributed by atoms with van der Waals surface area (Å²) in [4.78, 5) is 34.0. The van der Waals surface area contributed by atoms with Crippen LogP contribution in [0.25, 0.3) is 121 Å². The minimum atomic E-state index is -1.31. The average Bonchev–Trinajstić information content (AvgIpc) is 2.16. The molecule has 0 spiro atoms. The van der Waals surface area contributed by atoms with Crippen molar-refractivity contribution in [3.8, 4) is 73.6 Å². The Hall–Kier alpha value is -9.74. The van der Waals surface area contributed by atoms with Crippen LogP contribution in [0, 0.1) is 73.6 Å². The highest BCUT2D eigenvalue weighted by molar-refractivity contribution is 7.15. The molecule has 0 unspecified atom stereocenters. The van der Waals surface area contributed by atoms with Crippen LogP contribution < -0.4 is 18.9 Å². The number of nitriles is 1. The van der Waals surface area contributed by atoms with Crippen LogP contribution in [0.5, 0.6) is 23.0 Å². The third kappa shape index (κ3) is 10.1. The van der Waals surface area contributed by atoms with Crippen LogP contribution in [0.1, 0.15) is 97.9 Å². The summed E-state index contributed by atoms with van der Waals surface area (Å²) < 4.78 is 24.4. The van der Waals surface area contributed by atoms with Gasteiger partial charge in [-0.3, -0.25) is 0 Å². The summed E-state index contributed by atoms with van der Waals surface area (Å²) in [6, 6.07) is 32.7. The predicted molar refractivity (Wildman–Crippen MR) is 353 cm³/mol. The van der Waals surface area contributed by atoms with Crippen molar-refractivity contribution in [1.82, 2.24) is 19.9 Å². The first-order valence-corrected chi connectivity index (χ1v) is 30.3. The second-order valence-corrected chi connectivity index (χ2v) is 24.6. The van der Waals surface area contributed by atoms with Gasteiger partial charge < -0.3 is 34.0 Å². The largest absolute Gasteiger partial charge is 0.485 e. The second kappa shape index (κ2) is 22.4. The fourth-order valence-corrected chi connectivity index (χ4v) is 14.8. The number of hydrogen-bond acceptors (Lipinski definition) is 10. The molecule has 0 atom stereocenters. The van der Waals surface area contributed by atoms with Gasteiger partial charge in [0.2, 0.25) is 0 Å². The number of H-pyrrole nitrogens is 2. The van der Waals surface area contributed by atoms with Gasteiger partial charge in [-0.15, -0.1) is 22.7 Å². The van der Waals surface area contributed by atoms with Gasteiger partial charge in [0.25, 0.3) is 0 Å². The van der Waals surface area contributed by atoms with E-state index in [-0.39, 0.29) is 0 Å². The quantitative estimate of drug-likeness (QED) is 0.0896. The van der Waals surface area contributed by atoms with E-state index >= 15 is 0 Å². The van der Waals surface area contributed by atoms with Gasteiger partial charge in [0.15, 0.2) is 23.0 Å². The molecular weight excluding hydrogens is 1110 g/mol. The molecule has 9 aromatic rings. The fourth-order valence-electron chi connectivity index (χ4n) is 12.8. The number of nitrogens with one attached hydrogen (secondary N) is 2. The molecule has 13 heteroatoms. The van der Waals surface area contributed by atoms with Crippen LogP contribution in [-0.4, -0.2) is 57.4 Å². The SMILES string of the molecule is Cc1cc(C)c(-c2c3nc(c(-c4c(C)cc(C)cc4C)c4ccc([nH]4)c(-c4c(C)cc(C)cc4C)c4nc(c(-c5ccc(/C=C/c6sc(/C=C/c7sc(/C=C(\C#N)C(=O)O)c8c7OCCO8)c7c6OCCO7)cc5)c5ccc2[nH]5)C=C4)C=C3)c(C)c1. The molecule has 13 rings (SSSR count). The zero-order chi connectivity index (χ0) is 59.7. The highest BCUT2D eigenvalue weighted by Crippen LogP contribution is 2.50. The standard InChI is InChI=1S/C73H61N5O6S2/c1-38-30-41(4)62(42(5)31-38)66-52-17-15-50(75-52)65(48-13-10-47(11-14-48)12-23-58-69-70(82-27-26-81-69)59(85-58)24-25-60-71-72(84-29-28-83-71)61(86-60)36-49(37-74)73(79)80)51-16-18-53(76-51)67(63-43(6)32-39(2)33-44(63)7)55-20-22-57(78-55)68(56-21-19-54(66)77-56)64-45(8)34-40(3)35-46(64)9/h10-25,30-36,75,78H,26-29H2,1-9H3,(H,79,80)/b23-12+,25-24+,49-36+,65-50?,65-51?,66-52?,66-54?,67-53?,67-55?,68-56?,68-57?. The number of benzene rings is 4. The molecule has 0 radical (unpaired) electrons. The number of aromatic amines is 2. The number of carbonyl (C=O) groups is 1. The normalized spacial score (nSPS) is 13.6. The van der Waals surface area contributed by atoms with Crippen LogP contribution in [0.2, 0.25) is 0 Å². The Bertz CT molecular complexity index is 4620. The Morgan fingerprint density at radius 1 is 0.465 bits per heavy atom. The molecule has 0 amide bonds. The van der Waals surface area contributed by atoms with Crippen LogP contribution in [0.3, 0.4) is 0 Å². The first kappa shape index (κ1) is 55.4. The zero-order valence-electron chi connectivity index (χ0n) is 49.3. The first-order valence-electron chi connectivity index (χ1n) is 28.7. The minimum Gasteiger partial charge on any atom is -0.485 e. The van der Waals surface area contributed by atoms with Gasteiger partial charge in [-0.2, -0.15) is 5.26 Å². The van der Waals surface area contributed by atoms with Gasteiger partial charge in [0.1, 0.15) is 38.1 Å². The van der Waals surface area contributed by atoms with Gasteiger partial charge in [-0.25, -0.2) is 14.8 Å². The number of nitrogens with zero attached hydrogens (tertiary/aromatic N) is 3. The Morgan fingerprint density at radius 2 is 0.791 bits per heavy atom. The number of hydrogen-bond donors (Lipinski definition) is 3.